The predicted molar refractivity (Wildman–Crippen MR) is 50.1 cm³/mol. The van der Waals surface area contributed by atoms with Gasteiger partial charge in [-0.05, 0) is 30.1 Å². The van der Waals surface area contributed by atoms with Crippen molar-refractivity contribution in [3.63, 3.8) is 0 Å². The number of carbonyl (C=O) groups excluding carboxylic acids is 1. The van der Waals surface area contributed by atoms with Gasteiger partial charge in [-0.25, -0.2) is 0 Å². The molecule has 3 aliphatic rings. The molecule has 1 N–H and O–H groups in total. The van der Waals surface area contributed by atoms with Gasteiger partial charge in [0.1, 0.15) is 0 Å². The molecule has 2 saturated carbocycles. The molecule has 2 unspecified atom stereocenters. The van der Waals surface area contributed by atoms with Crippen LogP contribution in [0.4, 0.5) is 0 Å². The molecular weight excluding hydrogens is 162 g/mol. The van der Waals surface area contributed by atoms with Crippen LogP contribution in [0.3, 0.4) is 0 Å². The van der Waals surface area contributed by atoms with E-state index < -0.39 is 0 Å². The fraction of sp³-hybridized carbons (Fsp3) is 0.909. The SMILES string of the molecule is O=C1CC2(CN1)CC1CCC[C@@H]1C2. The predicted octanol–water partition coefficient (Wildman–Crippen LogP) is 1.70. The molecule has 2 aliphatic carbocycles. The van der Waals surface area contributed by atoms with E-state index in [1.807, 2.05) is 0 Å². The van der Waals surface area contributed by atoms with Gasteiger partial charge in [-0.2, -0.15) is 0 Å². The van der Waals surface area contributed by atoms with Gasteiger partial charge < -0.3 is 5.32 Å². The van der Waals surface area contributed by atoms with Crippen LogP contribution in [0, 0.1) is 17.3 Å². The second-order valence-electron chi connectivity index (χ2n) is 5.31. The van der Waals surface area contributed by atoms with Crippen molar-refractivity contribution in [1.82, 2.24) is 5.32 Å². The number of nitrogens with one attached hydrogen (secondary N) is 1. The minimum absolute atomic E-state index is 0.292. The van der Waals surface area contributed by atoms with Crippen LogP contribution in [0.25, 0.3) is 0 Å². The molecule has 1 saturated heterocycles. The molecule has 13 heavy (non-hydrogen) atoms. The Morgan fingerprint density at radius 2 is 1.92 bits per heavy atom. The first-order valence-electron chi connectivity index (χ1n) is 5.54. The molecule has 72 valence electrons. The Kier molecular flexibility index (Phi) is 1.50. The summed E-state index contributed by atoms with van der Waals surface area (Å²) in [4.78, 5) is 11.2. The highest BCUT2D eigenvalue weighted by Crippen LogP contribution is 2.55. The lowest BCUT2D eigenvalue weighted by atomic mass is 9.83. The Bertz CT molecular complexity index is 236. The molecule has 0 bridgehead atoms. The fourth-order valence-corrected chi connectivity index (χ4v) is 3.89. The number of hydrogen-bond donors (Lipinski definition) is 1. The molecule has 1 amide bonds. The summed E-state index contributed by atoms with van der Waals surface area (Å²) in [5.41, 5.74) is 0.396. The van der Waals surface area contributed by atoms with Gasteiger partial charge in [0, 0.05) is 13.0 Å². The van der Waals surface area contributed by atoms with E-state index in [0.717, 1.165) is 24.8 Å². The maximum atomic E-state index is 11.2. The molecule has 2 nitrogen and oxygen atoms in total. The van der Waals surface area contributed by atoms with Crippen LogP contribution in [0.5, 0.6) is 0 Å². The minimum Gasteiger partial charge on any atom is -0.356 e. The van der Waals surface area contributed by atoms with E-state index in [4.69, 9.17) is 0 Å². The molecule has 1 spiro atoms. The highest BCUT2D eigenvalue weighted by Gasteiger charge is 2.50. The zero-order valence-electron chi connectivity index (χ0n) is 8.01. The first kappa shape index (κ1) is 7.84. The van der Waals surface area contributed by atoms with E-state index in [-0.39, 0.29) is 0 Å². The number of hydrogen-bond acceptors (Lipinski definition) is 1. The summed E-state index contributed by atoms with van der Waals surface area (Å²) in [5.74, 6) is 2.22. The minimum atomic E-state index is 0.292. The summed E-state index contributed by atoms with van der Waals surface area (Å²) in [6.45, 7) is 0.971. The Hall–Kier alpha value is -0.530. The van der Waals surface area contributed by atoms with E-state index in [2.05, 4.69) is 5.32 Å². The summed E-state index contributed by atoms with van der Waals surface area (Å²) < 4.78 is 0. The van der Waals surface area contributed by atoms with Crippen molar-refractivity contribution < 1.29 is 4.79 Å². The van der Waals surface area contributed by atoms with Gasteiger partial charge in [0.25, 0.3) is 0 Å². The van der Waals surface area contributed by atoms with Crippen molar-refractivity contribution >= 4 is 5.91 Å². The van der Waals surface area contributed by atoms with E-state index in [1.165, 1.54) is 32.1 Å². The van der Waals surface area contributed by atoms with Gasteiger partial charge in [0.2, 0.25) is 5.91 Å². The van der Waals surface area contributed by atoms with Crippen molar-refractivity contribution in [1.29, 1.82) is 0 Å². The molecule has 1 heterocycles. The summed E-state index contributed by atoms with van der Waals surface area (Å²) in [7, 11) is 0. The lowest BCUT2D eigenvalue weighted by Crippen LogP contribution is -2.21. The van der Waals surface area contributed by atoms with Crippen molar-refractivity contribution in [3.8, 4) is 0 Å². The second kappa shape index (κ2) is 2.49. The topological polar surface area (TPSA) is 29.1 Å². The summed E-state index contributed by atoms with van der Waals surface area (Å²) in [6.07, 6.45) is 7.78. The van der Waals surface area contributed by atoms with Crippen LogP contribution in [-0.2, 0) is 4.79 Å². The average molecular weight is 179 g/mol. The number of fused-ring (bicyclic) bond motifs is 1. The Morgan fingerprint density at radius 3 is 2.46 bits per heavy atom. The highest BCUT2D eigenvalue weighted by molar-refractivity contribution is 5.79. The number of rotatable bonds is 0. The molecule has 0 aromatic rings. The van der Waals surface area contributed by atoms with E-state index in [1.54, 1.807) is 0 Å². The van der Waals surface area contributed by atoms with Crippen molar-refractivity contribution in [3.05, 3.63) is 0 Å². The molecule has 0 radical (unpaired) electrons. The molecule has 1 aliphatic heterocycles. The monoisotopic (exact) mass is 179 g/mol. The quantitative estimate of drug-likeness (QED) is 0.602. The molecule has 3 atom stereocenters. The van der Waals surface area contributed by atoms with Crippen LogP contribution in [-0.4, -0.2) is 12.5 Å². The molecule has 3 fully saturated rings. The van der Waals surface area contributed by atoms with E-state index >= 15 is 0 Å². The van der Waals surface area contributed by atoms with Crippen molar-refractivity contribution in [2.24, 2.45) is 17.3 Å². The Morgan fingerprint density at radius 1 is 1.23 bits per heavy atom. The highest BCUT2D eigenvalue weighted by atomic mass is 16.1. The van der Waals surface area contributed by atoms with Gasteiger partial charge in [-0.15, -0.1) is 0 Å². The molecule has 3 rings (SSSR count). The lowest BCUT2D eigenvalue weighted by Gasteiger charge is -2.21. The van der Waals surface area contributed by atoms with Crippen molar-refractivity contribution in [2.75, 3.05) is 6.54 Å². The van der Waals surface area contributed by atoms with Gasteiger partial charge in [0.15, 0.2) is 0 Å². The van der Waals surface area contributed by atoms with Crippen LogP contribution in [0.2, 0.25) is 0 Å². The fourth-order valence-electron chi connectivity index (χ4n) is 3.89. The largest absolute Gasteiger partial charge is 0.356 e. The van der Waals surface area contributed by atoms with Crippen LogP contribution < -0.4 is 5.32 Å². The lowest BCUT2D eigenvalue weighted by molar-refractivity contribution is -0.119. The van der Waals surface area contributed by atoms with Crippen LogP contribution >= 0.6 is 0 Å². The van der Waals surface area contributed by atoms with Gasteiger partial charge in [-0.3, -0.25) is 4.79 Å². The van der Waals surface area contributed by atoms with Gasteiger partial charge in [0.05, 0.1) is 0 Å². The van der Waals surface area contributed by atoms with Crippen LogP contribution in [0.15, 0.2) is 0 Å². The van der Waals surface area contributed by atoms with E-state index in [0.29, 0.717) is 11.3 Å². The molecule has 0 aromatic heterocycles. The number of amides is 1. The Labute approximate surface area is 79.1 Å². The molecular formula is C11H17NO. The average Bonchev–Trinajstić information content (AvgIpc) is 2.67. The Balaban J connectivity index is 1.78. The third kappa shape index (κ3) is 1.11. The second-order valence-corrected chi connectivity index (χ2v) is 5.31. The van der Waals surface area contributed by atoms with Crippen LogP contribution in [0.1, 0.15) is 38.5 Å². The first-order chi connectivity index (χ1) is 6.27. The van der Waals surface area contributed by atoms with Gasteiger partial charge >= 0.3 is 0 Å². The zero-order chi connectivity index (χ0) is 8.89. The smallest absolute Gasteiger partial charge is 0.220 e. The third-order valence-electron chi connectivity index (χ3n) is 4.40. The normalized spacial score (nSPS) is 48.5. The zero-order valence-corrected chi connectivity index (χ0v) is 8.01. The standard InChI is InChI=1S/C11H17NO/c13-10-6-11(7-12-10)4-8-2-1-3-9(8)5-11/h8-9H,1-7H2,(H,12,13)/t8-,9?,11?/m1/s1. The van der Waals surface area contributed by atoms with E-state index in [9.17, 15) is 4.79 Å². The third-order valence-corrected chi connectivity index (χ3v) is 4.40. The maximum absolute atomic E-state index is 11.2. The first-order valence-corrected chi connectivity index (χ1v) is 5.54. The number of carbonyl (C=O) groups is 1. The van der Waals surface area contributed by atoms with Crippen molar-refractivity contribution in [2.45, 2.75) is 38.5 Å². The van der Waals surface area contributed by atoms with Gasteiger partial charge in [-0.1, -0.05) is 19.3 Å². The molecule has 2 heteroatoms. The summed E-state index contributed by atoms with van der Waals surface area (Å²) in [5, 5.41) is 3.00. The molecule has 0 aromatic carbocycles. The summed E-state index contributed by atoms with van der Waals surface area (Å²) in [6, 6.07) is 0. The maximum Gasteiger partial charge on any atom is 0.220 e. The summed E-state index contributed by atoms with van der Waals surface area (Å²) >= 11 is 0.